The van der Waals surface area contributed by atoms with Crippen molar-refractivity contribution < 1.29 is 19.1 Å². The number of nitriles is 1. The average molecular weight is 552 g/mol. The molecule has 1 saturated heterocycles. The van der Waals surface area contributed by atoms with Crippen LogP contribution in [0, 0.1) is 17.2 Å². The van der Waals surface area contributed by atoms with Crippen LogP contribution >= 0.6 is 0 Å². The Bertz CT molecular complexity index is 1600. The van der Waals surface area contributed by atoms with Crippen molar-refractivity contribution in [1.82, 2.24) is 14.8 Å². The minimum atomic E-state index is -0.967. The van der Waals surface area contributed by atoms with E-state index in [1.165, 1.54) is 4.90 Å². The number of benzene rings is 2. The highest BCUT2D eigenvalue weighted by molar-refractivity contribution is 6.07. The average Bonchev–Trinajstić information content (AvgIpc) is 3.41. The number of ether oxygens (including phenoxy) is 1. The van der Waals surface area contributed by atoms with Gasteiger partial charge < -0.3 is 24.8 Å². The van der Waals surface area contributed by atoms with Gasteiger partial charge in [-0.1, -0.05) is 43.5 Å². The molecule has 4 aliphatic rings. The summed E-state index contributed by atoms with van der Waals surface area (Å²) in [4.78, 5) is 47.7. The van der Waals surface area contributed by atoms with Gasteiger partial charge in [0.1, 0.15) is 23.5 Å². The van der Waals surface area contributed by atoms with Crippen molar-refractivity contribution >= 4 is 34.3 Å². The maximum absolute atomic E-state index is 14.3. The first-order chi connectivity index (χ1) is 19.9. The number of H-pyrrole nitrogens is 1. The van der Waals surface area contributed by atoms with Crippen LogP contribution in [0.15, 0.2) is 48.5 Å². The molecule has 9 nitrogen and oxygen atoms in total. The van der Waals surface area contributed by atoms with E-state index in [2.05, 4.69) is 16.4 Å². The number of nitrogens with one attached hydrogen (secondary N) is 2. The van der Waals surface area contributed by atoms with Crippen molar-refractivity contribution in [1.29, 1.82) is 5.26 Å². The van der Waals surface area contributed by atoms with E-state index in [1.807, 2.05) is 42.5 Å². The lowest BCUT2D eigenvalue weighted by Gasteiger charge is -2.36. The van der Waals surface area contributed by atoms with E-state index in [0.717, 1.165) is 60.0 Å². The van der Waals surface area contributed by atoms with Crippen molar-refractivity contribution in [3.8, 4) is 11.8 Å². The largest absolute Gasteiger partial charge is 0.490 e. The SMILES string of the molecule is CN(C(=O)c1cc2c(OC3CC3)cccc2[nH]1)[C@@H](CC1CCC1)C(=O)N1C[C@]2(C[C@H]1C#N)C(=O)Nc1ccccc12. The van der Waals surface area contributed by atoms with E-state index in [1.54, 1.807) is 18.0 Å². The third-order valence-corrected chi connectivity index (χ3v) is 9.44. The van der Waals surface area contributed by atoms with Crippen molar-refractivity contribution in [2.75, 3.05) is 18.9 Å². The lowest BCUT2D eigenvalue weighted by atomic mass is 9.79. The molecule has 2 aromatic carbocycles. The molecule has 0 radical (unpaired) electrons. The minimum absolute atomic E-state index is 0.115. The van der Waals surface area contributed by atoms with E-state index < -0.39 is 17.5 Å². The van der Waals surface area contributed by atoms with Crippen LogP contribution in [0.25, 0.3) is 10.9 Å². The predicted octanol–water partition coefficient (Wildman–Crippen LogP) is 4.35. The number of fused-ring (bicyclic) bond motifs is 3. The number of aromatic nitrogens is 1. The summed E-state index contributed by atoms with van der Waals surface area (Å²) in [5.41, 5.74) is 1.78. The lowest BCUT2D eigenvalue weighted by molar-refractivity contribution is -0.137. The molecule has 41 heavy (non-hydrogen) atoms. The highest BCUT2D eigenvalue weighted by atomic mass is 16.5. The first kappa shape index (κ1) is 25.6. The summed E-state index contributed by atoms with van der Waals surface area (Å²) in [7, 11) is 1.67. The normalized spacial score (nSPS) is 24.0. The lowest BCUT2D eigenvalue weighted by Crippen LogP contribution is -2.52. The van der Waals surface area contributed by atoms with Crippen LogP contribution in [0.4, 0.5) is 5.69 Å². The molecule has 1 spiro atoms. The summed E-state index contributed by atoms with van der Waals surface area (Å²) in [5, 5.41) is 13.9. The molecule has 3 fully saturated rings. The summed E-state index contributed by atoms with van der Waals surface area (Å²) in [6.07, 6.45) is 6.21. The number of amides is 3. The minimum Gasteiger partial charge on any atom is -0.490 e. The number of likely N-dealkylation sites (N-methyl/N-ethyl adjacent to an activating group) is 1. The molecular formula is C32H33N5O4. The number of nitrogens with zero attached hydrogens (tertiary/aromatic N) is 3. The zero-order chi connectivity index (χ0) is 28.3. The van der Waals surface area contributed by atoms with Gasteiger partial charge in [0.25, 0.3) is 5.91 Å². The second kappa shape index (κ2) is 9.65. The number of hydrogen-bond acceptors (Lipinski definition) is 5. The summed E-state index contributed by atoms with van der Waals surface area (Å²) in [5.74, 6) is 0.341. The van der Waals surface area contributed by atoms with Gasteiger partial charge in [-0.15, -0.1) is 0 Å². The molecule has 2 aliphatic heterocycles. The second-order valence-electron chi connectivity index (χ2n) is 12.1. The van der Waals surface area contributed by atoms with Gasteiger partial charge in [0.15, 0.2) is 0 Å². The first-order valence-corrected chi connectivity index (χ1v) is 14.5. The fourth-order valence-corrected chi connectivity index (χ4v) is 6.69. The Morgan fingerprint density at radius 1 is 1.17 bits per heavy atom. The highest BCUT2D eigenvalue weighted by Crippen LogP contribution is 2.47. The van der Waals surface area contributed by atoms with Gasteiger partial charge in [-0.3, -0.25) is 14.4 Å². The first-order valence-electron chi connectivity index (χ1n) is 14.5. The van der Waals surface area contributed by atoms with Crippen LogP contribution in [0.1, 0.15) is 61.0 Å². The number of para-hydroxylation sites is 1. The van der Waals surface area contributed by atoms with Gasteiger partial charge in [0.2, 0.25) is 11.8 Å². The standard InChI is InChI=1S/C32H33N5O4/c1-36(29(38)26-15-22-24(34-26)10-5-11-28(22)41-21-12-13-21)27(14-19-6-4-7-19)30(39)37-18-32(16-20(37)17-33)23-8-2-3-9-25(23)35-31(32)40/h2-3,5,8-11,15,19-21,27,34H,4,6-7,12-14,16,18H2,1H3,(H,35,40)/t20-,27-,32-/m0/s1. The number of carbonyl (C=O) groups is 3. The Kier molecular flexibility index (Phi) is 6.03. The van der Waals surface area contributed by atoms with Crippen molar-refractivity contribution in [2.45, 2.75) is 68.5 Å². The highest BCUT2D eigenvalue weighted by Gasteiger charge is 2.56. The molecule has 3 heterocycles. The monoisotopic (exact) mass is 551 g/mol. The third kappa shape index (κ3) is 4.24. The van der Waals surface area contributed by atoms with Crippen molar-refractivity contribution in [3.63, 3.8) is 0 Å². The number of rotatable bonds is 7. The van der Waals surface area contributed by atoms with E-state index >= 15 is 0 Å². The number of hydrogen-bond donors (Lipinski definition) is 2. The van der Waals surface area contributed by atoms with Crippen molar-refractivity contribution in [3.05, 3.63) is 59.8 Å². The predicted molar refractivity (Wildman–Crippen MR) is 152 cm³/mol. The number of aromatic amines is 1. The molecule has 0 unspecified atom stereocenters. The molecule has 3 aromatic rings. The summed E-state index contributed by atoms with van der Waals surface area (Å²) in [6, 6.07) is 15.8. The molecule has 3 atom stereocenters. The van der Waals surface area contributed by atoms with Crippen LogP contribution in [0.5, 0.6) is 5.75 Å². The molecule has 2 aliphatic carbocycles. The zero-order valence-electron chi connectivity index (χ0n) is 23.1. The van der Waals surface area contributed by atoms with Gasteiger partial charge in [0.05, 0.1) is 17.6 Å². The van der Waals surface area contributed by atoms with Crippen molar-refractivity contribution in [2.24, 2.45) is 5.92 Å². The molecule has 3 amide bonds. The number of carbonyl (C=O) groups excluding carboxylic acids is 3. The maximum atomic E-state index is 14.3. The second-order valence-corrected chi connectivity index (χ2v) is 12.1. The fraction of sp³-hybridized carbons (Fsp3) is 0.438. The van der Waals surface area contributed by atoms with E-state index in [9.17, 15) is 19.6 Å². The summed E-state index contributed by atoms with van der Waals surface area (Å²) >= 11 is 0. The van der Waals surface area contributed by atoms with Crippen LogP contribution in [-0.4, -0.2) is 64.3 Å². The Hall–Kier alpha value is -4.32. The third-order valence-electron chi connectivity index (χ3n) is 9.44. The van der Waals surface area contributed by atoms with Crippen LogP contribution in [0.3, 0.4) is 0 Å². The van der Waals surface area contributed by atoms with Gasteiger partial charge >= 0.3 is 0 Å². The van der Waals surface area contributed by atoms with Gasteiger partial charge in [-0.2, -0.15) is 5.26 Å². The Balaban J connectivity index is 1.18. The molecule has 7 rings (SSSR count). The Morgan fingerprint density at radius 3 is 2.71 bits per heavy atom. The van der Waals surface area contributed by atoms with E-state index in [-0.39, 0.29) is 36.8 Å². The van der Waals surface area contributed by atoms with E-state index in [4.69, 9.17) is 4.74 Å². The van der Waals surface area contributed by atoms with Gasteiger partial charge in [-0.05, 0) is 55.0 Å². The molecule has 0 bridgehead atoms. The van der Waals surface area contributed by atoms with Crippen LogP contribution in [0.2, 0.25) is 0 Å². The maximum Gasteiger partial charge on any atom is 0.270 e. The van der Waals surface area contributed by atoms with Crippen LogP contribution < -0.4 is 10.1 Å². The Morgan fingerprint density at radius 2 is 1.98 bits per heavy atom. The summed E-state index contributed by atoms with van der Waals surface area (Å²) < 4.78 is 6.05. The topological polar surface area (TPSA) is 119 Å². The fourth-order valence-electron chi connectivity index (χ4n) is 6.69. The molecule has 1 aromatic heterocycles. The molecule has 9 heteroatoms. The Labute approximate surface area is 238 Å². The smallest absolute Gasteiger partial charge is 0.270 e. The molecule has 210 valence electrons. The van der Waals surface area contributed by atoms with Gasteiger partial charge in [0, 0.05) is 36.6 Å². The zero-order valence-corrected chi connectivity index (χ0v) is 23.1. The molecule has 2 saturated carbocycles. The van der Waals surface area contributed by atoms with Gasteiger partial charge in [-0.25, -0.2) is 0 Å². The molecule has 2 N–H and O–H groups in total. The summed E-state index contributed by atoms with van der Waals surface area (Å²) in [6.45, 7) is 0.115. The molecular weight excluding hydrogens is 518 g/mol. The van der Waals surface area contributed by atoms with Crippen LogP contribution in [-0.2, 0) is 15.0 Å². The quantitative estimate of drug-likeness (QED) is 0.453. The number of anilines is 1. The van der Waals surface area contributed by atoms with E-state index in [0.29, 0.717) is 18.0 Å². The number of likely N-dealkylation sites (tertiary alicyclic amines) is 1.